The number of aryl methyl sites for hydroxylation is 1. The molecule has 0 saturated carbocycles. The SMILES string of the molecule is Cc1cc(Br)c(Cl)cc1NC(=O)COC(=O)[C@H]1CC(=O)N(c2cccc(Cl)c2)C1. The molecule has 1 aliphatic heterocycles. The lowest BCUT2D eigenvalue weighted by atomic mass is 10.1. The number of nitrogens with zero attached hydrogens (tertiary/aromatic N) is 1. The van der Waals surface area contributed by atoms with Crippen LogP contribution >= 0.6 is 39.1 Å². The number of amides is 2. The van der Waals surface area contributed by atoms with Crippen LogP contribution < -0.4 is 10.2 Å². The largest absolute Gasteiger partial charge is 0.455 e. The Morgan fingerprint density at radius 3 is 2.76 bits per heavy atom. The average Bonchev–Trinajstić information content (AvgIpc) is 3.06. The summed E-state index contributed by atoms with van der Waals surface area (Å²) in [6, 6.07) is 10.2. The van der Waals surface area contributed by atoms with Crippen molar-refractivity contribution in [2.75, 3.05) is 23.4 Å². The number of carbonyl (C=O) groups is 3. The molecule has 0 unspecified atom stereocenters. The van der Waals surface area contributed by atoms with E-state index in [-0.39, 0.29) is 18.9 Å². The van der Waals surface area contributed by atoms with Gasteiger partial charge in [-0.2, -0.15) is 0 Å². The van der Waals surface area contributed by atoms with Gasteiger partial charge in [0.15, 0.2) is 6.61 Å². The third-order valence-corrected chi connectivity index (χ3v) is 5.90. The van der Waals surface area contributed by atoms with Gasteiger partial charge in [-0.25, -0.2) is 0 Å². The zero-order valence-corrected chi connectivity index (χ0v) is 18.5. The summed E-state index contributed by atoms with van der Waals surface area (Å²) in [4.78, 5) is 38.2. The highest BCUT2D eigenvalue weighted by Gasteiger charge is 2.36. The van der Waals surface area contributed by atoms with E-state index in [9.17, 15) is 14.4 Å². The number of rotatable bonds is 5. The van der Waals surface area contributed by atoms with Gasteiger partial charge in [-0.15, -0.1) is 0 Å². The lowest BCUT2D eigenvalue weighted by Crippen LogP contribution is -2.28. The van der Waals surface area contributed by atoms with E-state index in [0.29, 0.717) is 21.4 Å². The molecule has 1 N–H and O–H groups in total. The first-order valence-corrected chi connectivity index (χ1v) is 10.3. The number of halogens is 3. The van der Waals surface area contributed by atoms with Gasteiger partial charge in [-0.1, -0.05) is 29.3 Å². The second kappa shape index (κ2) is 9.15. The summed E-state index contributed by atoms with van der Waals surface area (Å²) in [5.41, 5.74) is 1.96. The van der Waals surface area contributed by atoms with Gasteiger partial charge >= 0.3 is 5.97 Å². The van der Waals surface area contributed by atoms with Gasteiger partial charge in [0.2, 0.25) is 5.91 Å². The zero-order valence-electron chi connectivity index (χ0n) is 15.4. The molecule has 2 aromatic rings. The van der Waals surface area contributed by atoms with Crippen molar-refractivity contribution in [3.05, 3.63) is 56.5 Å². The van der Waals surface area contributed by atoms with Crippen LogP contribution in [-0.4, -0.2) is 30.9 Å². The van der Waals surface area contributed by atoms with Crippen LogP contribution in [0.25, 0.3) is 0 Å². The van der Waals surface area contributed by atoms with E-state index < -0.39 is 24.4 Å². The van der Waals surface area contributed by atoms with E-state index in [0.717, 1.165) is 10.0 Å². The minimum atomic E-state index is -0.641. The molecule has 1 heterocycles. The Balaban J connectivity index is 1.55. The Labute approximate surface area is 186 Å². The first-order valence-electron chi connectivity index (χ1n) is 8.72. The molecule has 9 heteroatoms. The van der Waals surface area contributed by atoms with Crippen molar-refractivity contribution in [3.8, 4) is 0 Å². The van der Waals surface area contributed by atoms with Crippen LogP contribution in [0.15, 0.2) is 40.9 Å². The molecule has 0 spiro atoms. The quantitative estimate of drug-likeness (QED) is 0.610. The number of ether oxygens (including phenoxy) is 1. The molecular formula is C20H17BrCl2N2O4. The van der Waals surface area contributed by atoms with Crippen molar-refractivity contribution in [2.45, 2.75) is 13.3 Å². The third-order valence-electron chi connectivity index (χ3n) is 4.47. The average molecular weight is 500 g/mol. The zero-order chi connectivity index (χ0) is 21.1. The van der Waals surface area contributed by atoms with Gasteiger partial charge in [0.1, 0.15) is 0 Å². The van der Waals surface area contributed by atoms with Crippen molar-refractivity contribution >= 4 is 68.3 Å². The molecule has 2 aromatic carbocycles. The van der Waals surface area contributed by atoms with Crippen LogP contribution in [0.4, 0.5) is 11.4 Å². The summed E-state index contributed by atoms with van der Waals surface area (Å²) in [5, 5.41) is 3.61. The van der Waals surface area contributed by atoms with Gasteiger partial charge in [-0.05, 0) is 58.7 Å². The molecule has 2 amide bonds. The van der Waals surface area contributed by atoms with E-state index in [1.165, 1.54) is 4.90 Å². The van der Waals surface area contributed by atoms with Crippen LogP contribution in [0, 0.1) is 12.8 Å². The van der Waals surface area contributed by atoms with Crippen LogP contribution in [0.5, 0.6) is 0 Å². The lowest BCUT2D eigenvalue weighted by Gasteiger charge is -2.16. The summed E-state index contributed by atoms with van der Waals surface area (Å²) < 4.78 is 5.83. The summed E-state index contributed by atoms with van der Waals surface area (Å²) >= 11 is 15.3. The smallest absolute Gasteiger partial charge is 0.311 e. The first kappa shape index (κ1) is 21.6. The molecule has 1 saturated heterocycles. The third kappa shape index (κ3) is 5.29. The topological polar surface area (TPSA) is 75.7 Å². The summed E-state index contributed by atoms with van der Waals surface area (Å²) in [5.74, 6) is -1.92. The van der Waals surface area contributed by atoms with Crippen molar-refractivity contribution in [2.24, 2.45) is 5.92 Å². The fourth-order valence-electron chi connectivity index (χ4n) is 2.98. The molecule has 6 nitrogen and oxygen atoms in total. The van der Waals surface area contributed by atoms with Crippen LogP contribution in [0.3, 0.4) is 0 Å². The monoisotopic (exact) mass is 498 g/mol. The number of nitrogens with one attached hydrogen (secondary N) is 1. The van der Waals surface area contributed by atoms with Gasteiger partial charge in [-0.3, -0.25) is 14.4 Å². The van der Waals surface area contributed by atoms with E-state index in [1.54, 1.807) is 36.4 Å². The van der Waals surface area contributed by atoms with Gasteiger partial charge in [0.25, 0.3) is 5.91 Å². The predicted octanol–water partition coefficient (Wildman–Crippen LogP) is 4.60. The van der Waals surface area contributed by atoms with E-state index in [1.807, 2.05) is 6.92 Å². The summed E-state index contributed by atoms with van der Waals surface area (Å²) in [6.45, 7) is 1.55. The standard InChI is InChI=1S/C20H17BrCl2N2O4/c1-11-5-15(21)16(23)8-17(11)24-18(26)10-29-20(28)12-6-19(27)25(9-12)14-4-2-3-13(22)7-14/h2-5,7-8,12H,6,9-10H2,1H3,(H,24,26)/t12-/m0/s1. The van der Waals surface area contributed by atoms with Crippen LogP contribution in [0.1, 0.15) is 12.0 Å². The van der Waals surface area contributed by atoms with Crippen molar-refractivity contribution < 1.29 is 19.1 Å². The van der Waals surface area contributed by atoms with E-state index in [4.69, 9.17) is 27.9 Å². The molecule has 3 rings (SSSR count). The first-order chi connectivity index (χ1) is 13.7. The van der Waals surface area contributed by atoms with Gasteiger partial charge in [0.05, 0.1) is 10.9 Å². The molecule has 1 atom stereocenters. The van der Waals surface area contributed by atoms with Gasteiger partial charge < -0.3 is 15.0 Å². The van der Waals surface area contributed by atoms with E-state index >= 15 is 0 Å². The predicted molar refractivity (Wildman–Crippen MR) is 115 cm³/mol. The van der Waals surface area contributed by atoms with Crippen LogP contribution in [0.2, 0.25) is 10.0 Å². The Morgan fingerprint density at radius 1 is 1.28 bits per heavy atom. The Bertz CT molecular complexity index is 983. The molecule has 0 bridgehead atoms. The fourth-order valence-corrected chi connectivity index (χ4v) is 3.79. The van der Waals surface area contributed by atoms with E-state index in [2.05, 4.69) is 21.2 Å². The molecule has 0 radical (unpaired) electrons. The van der Waals surface area contributed by atoms with Gasteiger partial charge in [0, 0.05) is 33.8 Å². The maximum absolute atomic E-state index is 12.3. The second-order valence-corrected chi connectivity index (χ2v) is 8.32. The maximum Gasteiger partial charge on any atom is 0.311 e. The van der Waals surface area contributed by atoms with Crippen LogP contribution in [-0.2, 0) is 19.1 Å². The Morgan fingerprint density at radius 2 is 2.03 bits per heavy atom. The Kier molecular flexibility index (Phi) is 6.82. The molecule has 29 heavy (non-hydrogen) atoms. The normalized spacial score (nSPS) is 16.1. The Hall–Kier alpha value is -2.09. The highest BCUT2D eigenvalue weighted by molar-refractivity contribution is 9.10. The number of esters is 1. The number of hydrogen-bond donors (Lipinski definition) is 1. The molecule has 0 aromatic heterocycles. The number of carbonyl (C=O) groups excluding carboxylic acids is 3. The molecule has 1 fully saturated rings. The minimum absolute atomic E-state index is 0.0222. The number of benzene rings is 2. The lowest BCUT2D eigenvalue weighted by molar-refractivity contribution is -0.151. The number of hydrogen-bond acceptors (Lipinski definition) is 4. The molecule has 1 aliphatic rings. The highest BCUT2D eigenvalue weighted by Crippen LogP contribution is 2.29. The molecule has 152 valence electrons. The van der Waals surface area contributed by atoms with Crippen molar-refractivity contribution in [1.29, 1.82) is 0 Å². The second-order valence-electron chi connectivity index (χ2n) is 6.62. The maximum atomic E-state index is 12.3. The number of anilines is 2. The van der Waals surface area contributed by atoms with Crippen molar-refractivity contribution in [3.63, 3.8) is 0 Å². The fraction of sp³-hybridized carbons (Fsp3) is 0.250. The minimum Gasteiger partial charge on any atom is -0.455 e. The molecule has 0 aliphatic carbocycles. The molecular weight excluding hydrogens is 483 g/mol. The summed E-state index contributed by atoms with van der Waals surface area (Å²) in [6.07, 6.45) is 0.0222. The van der Waals surface area contributed by atoms with Crippen molar-refractivity contribution in [1.82, 2.24) is 0 Å². The highest BCUT2D eigenvalue weighted by atomic mass is 79.9. The summed E-state index contributed by atoms with van der Waals surface area (Å²) in [7, 11) is 0.